The number of methoxy groups -OCH3 is 1. The van der Waals surface area contributed by atoms with Crippen molar-refractivity contribution in [2.75, 3.05) is 7.11 Å². The number of rotatable bonds is 6. The van der Waals surface area contributed by atoms with Crippen molar-refractivity contribution in [2.24, 2.45) is 5.10 Å². The van der Waals surface area contributed by atoms with Crippen LogP contribution in [0, 0.1) is 0 Å². The van der Waals surface area contributed by atoms with E-state index < -0.39 is 0 Å². The van der Waals surface area contributed by atoms with E-state index in [-0.39, 0.29) is 5.91 Å². The van der Waals surface area contributed by atoms with Crippen LogP contribution in [0.25, 0.3) is 0 Å². The van der Waals surface area contributed by atoms with Crippen molar-refractivity contribution in [2.45, 2.75) is 13.3 Å². The minimum atomic E-state index is -0.125. The maximum absolute atomic E-state index is 12.4. The molecule has 4 nitrogen and oxygen atoms in total. The van der Waals surface area contributed by atoms with Gasteiger partial charge in [0.2, 0.25) is 0 Å². The van der Waals surface area contributed by atoms with E-state index >= 15 is 0 Å². The van der Waals surface area contributed by atoms with E-state index in [2.05, 4.69) is 11.7 Å². The lowest BCUT2D eigenvalue weighted by molar-refractivity contribution is -0.123. The minimum absolute atomic E-state index is 0.125. The normalized spacial score (nSPS) is 16.6. The molecule has 0 saturated heterocycles. The Morgan fingerprint density at radius 1 is 1.35 bits per heavy atom. The molecule has 0 spiro atoms. The van der Waals surface area contributed by atoms with Gasteiger partial charge in [0.05, 0.1) is 24.6 Å². The van der Waals surface area contributed by atoms with Gasteiger partial charge in [-0.2, -0.15) is 10.1 Å². The largest absolute Gasteiger partial charge is 0.497 e. The average molecular weight is 308 g/mol. The second kappa shape index (κ2) is 7.94. The van der Waals surface area contributed by atoms with Crippen molar-refractivity contribution < 1.29 is 9.53 Å². The van der Waals surface area contributed by atoms with Crippen LogP contribution in [0.4, 0.5) is 0 Å². The Morgan fingerprint density at radius 3 is 2.70 bits per heavy atom. The Hall–Kier alpha value is -2.88. The summed E-state index contributed by atoms with van der Waals surface area (Å²) in [5, 5.41) is 5.57. The fourth-order valence-electron chi connectivity index (χ4n) is 2.12. The molecular formula is C19H20N2O2. The van der Waals surface area contributed by atoms with E-state index in [0.717, 1.165) is 17.0 Å². The summed E-state index contributed by atoms with van der Waals surface area (Å²) in [5.41, 5.74) is 2.42. The zero-order valence-corrected chi connectivity index (χ0v) is 13.4. The van der Waals surface area contributed by atoms with Crippen LogP contribution >= 0.6 is 0 Å². The van der Waals surface area contributed by atoms with Gasteiger partial charge in [-0.1, -0.05) is 43.0 Å². The number of hydrazone groups is 1. The number of allylic oxidation sites excluding steroid dienone is 5. The molecule has 1 heterocycles. The van der Waals surface area contributed by atoms with Crippen LogP contribution < -0.4 is 4.74 Å². The third-order valence-electron chi connectivity index (χ3n) is 3.41. The van der Waals surface area contributed by atoms with Crippen LogP contribution in [0.3, 0.4) is 0 Å². The summed E-state index contributed by atoms with van der Waals surface area (Å²) in [4.78, 5) is 12.4. The predicted molar refractivity (Wildman–Crippen MR) is 93.2 cm³/mol. The second-order valence-corrected chi connectivity index (χ2v) is 4.88. The van der Waals surface area contributed by atoms with Gasteiger partial charge in [0, 0.05) is 0 Å². The minimum Gasteiger partial charge on any atom is -0.497 e. The van der Waals surface area contributed by atoms with Gasteiger partial charge in [-0.05, 0) is 37.1 Å². The van der Waals surface area contributed by atoms with Crippen molar-refractivity contribution >= 4 is 12.1 Å². The van der Waals surface area contributed by atoms with Gasteiger partial charge >= 0.3 is 0 Å². The number of carbonyl (C=O) groups excluding carboxylic acids is 1. The van der Waals surface area contributed by atoms with Crippen LogP contribution in [0.1, 0.15) is 12.5 Å². The van der Waals surface area contributed by atoms with Crippen LogP contribution in [0.5, 0.6) is 5.75 Å². The van der Waals surface area contributed by atoms with E-state index in [0.29, 0.717) is 12.0 Å². The van der Waals surface area contributed by atoms with Crippen molar-refractivity contribution in [1.29, 1.82) is 0 Å². The van der Waals surface area contributed by atoms with Crippen molar-refractivity contribution in [3.63, 3.8) is 0 Å². The zero-order valence-electron chi connectivity index (χ0n) is 13.4. The van der Waals surface area contributed by atoms with Gasteiger partial charge in [-0.3, -0.25) is 4.79 Å². The molecular weight excluding hydrogens is 288 g/mol. The molecule has 1 aliphatic rings. The molecule has 0 bridgehead atoms. The quantitative estimate of drug-likeness (QED) is 0.595. The van der Waals surface area contributed by atoms with Crippen molar-refractivity contribution in [1.82, 2.24) is 5.01 Å². The summed E-state index contributed by atoms with van der Waals surface area (Å²) in [6.07, 6.45) is 11.2. The standard InChI is InChI=1S/C19H20N2O2/c1-4-6-7-17(5-2)21-19(22)16(14-20-21)11-8-15-9-12-18(23-3)13-10-15/h4-7,9-14H,1,8H2,2-3H3/b7-6-,16-11+,17-5+. The number of benzene rings is 1. The monoisotopic (exact) mass is 308 g/mol. The molecule has 0 fully saturated rings. The lowest BCUT2D eigenvalue weighted by Crippen LogP contribution is -2.20. The van der Waals surface area contributed by atoms with Gasteiger partial charge in [0.15, 0.2) is 0 Å². The van der Waals surface area contributed by atoms with E-state index in [1.165, 1.54) is 5.01 Å². The molecule has 0 atom stereocenters. The summed E-state index contributed by atoms with van der Waals surface area (Å²) < 4.78 is 5.13. The maximum Gasteiger partial charge on any atom is 0.280 e. The molecule has 1 aromatic rings. The molecule has 0 unspecified atom stereocenters. The van der Waals surface area contributed by atoms with Gasteiger partial charge in [-0.15, -0.1) is 0 Å². The first-order valence-electron chi connectivity index (χ1n) is 7.36. The molecule has 1 amide bonds. The zero-order chi connectivity index (χ0) is 16.7. The van der Waals surface area contributed by atoms with Crippen LogP contribution in [0.15, 0.2) is 77.6 Å². The molecule has 0 aromatic heterocycles. The molecule has 23 heavy (non-hydrogen) atoms. The topological polar surface area (TPSA) is 41.9 Å². The summed E-state index contributed by atoms with van der Waals surface area (Å²) in [7, 11) is 1.64. The molecule has 0 radical (unpaired) electrons. The summed E-state index contributed by atoms with van der Waals surface area (Å²) in [5.74, 6) is 0.693. The summed E-state index contributed by atoms with van der Waals surface area (Å²) >= 11 is 0. The Morgan fingerprint density at radius 2 is 2.09 bits per heavy atom. The fourth-order valence-corrected chi connectivity index (χ4v) is 2.12. The molecule has 0 aliphatic carbocycles. The Labute approximate surface area is 136 Å². The van der Waals surface area contributed by atoms with Gasteiger partial charge < -0.3 is 4.74 Å². The van der Waals surface area contributed by atoms with Crippen LogP contribution in [-0.2, 0) is 11.2 Å². The Bertz CT molecular complexity index is 695. The number of amides is 1. The van der Waals surface area contributed by atoms with E-state index in [1.807, 2.05) is 43.3 Å². The highest BCUT2D eigenvalue weighted by molar-refractivity contribution is 6.16. The lowest BCUT2D eigenvalue weighted by Gasteiger charge is -2.12. The maximum atomic E-state index is 12.4. The van der Waals surface area contributed by atoms with Gasteiger partial charge in [0.25, 0.3) is 5.91 Å². The first-order chi connectivity index (χ1) is 11.2. The molecule has 0 saturated carbocycles. The second-order valence-electron chi connectivity index (χ2n) is 4.88. The predicted octanol–water partition coefficient (Wildman–Crippen LogP) is 3.64. The van der Waals surface area contributed by atoms with Crippen molar-refractivity contribution in [3.05, 3.63) is 78.1 Å². The first kappa shape index (κ1) is 16.5. The molecule has 4 heteroatoms. The fraction of sp³-hybridized carbons (Fsp3) is 0.158. The Kier molecular flexibility index (Phi) is 5.69. The highest BCUT2D eigenvalue weighted by Crippen LogP contribution is 2.18. The average Bonchev–Trinajstić information content (AvgIpc) is 2.95. The van der Waals surface area contributed by atoms with Gasteiger partial charge in [-0.25, -0.2) is 0 Å². The highest BCUT2D eigenvalue weighted by Gasteiger charge is 2.23. The smallest absolute Gasteiger partial charge is 0.280 e. The third-order valence-corrected chi connectivity index (χ3v) is 3.41. The van der Waals surface area contributed by atoms with Crippen molar-refractivity contribution in [3.8, 4) is 5.75 Å². The summed E-state index contributed by atoms with van der Waals surface area (Å²) in [6.45, 7) is 5.49. The highest BCUT2D eigenvalue weighted by atomic mass is 16.5. The van der Waals surface area contributed by atoms with Crippen LogP contribution in [-0.4, -0.2) is 24.2 Å². The number of nitrogens with zero attached hydrogens (tertiary/aromatic N) is 2. The number of ether oxygens (including phenoxy) is 1. The van der Waals surface area contributed by atoms with Crippen LogP contribution in [0.2, 0.25) is 0 Å². The van der Waals surface area contributed by atoms with E-state index in [1.54, 1.807) is 31.6 Å². The van der Waals surface area contributed by atoms with Gasteiger partial charge in [0.1, 0.15) is 5.75 Å². The molecule has 0 N–H and O–H groups in total. The molecule has 1 aromatic carbocycles. The Balaban J connectivity index is 2.07. The third kappa shape index (κ3) is 4.07. The molecule has 2 rings (SSSR count). The molecule has 118 valence electrons. The molecule has 1 aliphatic heterocycles. The number of hydrogen-bond acceptors (Lipinski definition) is 3. The summed E-state index contributed by atoms with van der Waals surface area (Å²) in [6, 6.07) is 7.77. The number of hydrogen-bond donors (Lipinski definition) is 0. The van der Waals surface area contributed by atoms with E-state index in [9.17, 15) is 4.79 Å². The lowest BCUT2D eigenvalue weighted by atomic mass is 10.1. The first-order valence-corrected chi connectivity index (χ1v) is 7.36. The number of carbonyl (C=O) groups is 1. The SMILES string of the molecule is C=C/C=C\C(=C/C)N1N=C/C(=C\Cc2ccc(OC)cc2)C1=O. The van der Waals surface area contributed by atoms with E-state index in [4.69, 9.17) is 4.74 Å².